The number of halogens is 1. The number of rotatable bonds is 3. The highest BCUT2D eigenvalue weighted by atomic mass is 79.9. The van der Waals surface area contributed by atoms with Crippen LogP contribution in [0.15, 0.2) is 28.9 Å². The Morgan fingerprint density at radius 3 is 2.86 bits per heavy atom. The van der Waals surface area contributed by atoms with Gasteiger partial charge < -0.3 is 0 Å². The third-order valence-corrected chi connectivity index (χ3v) is 4.89. The van der Waals surface area contributed by atoms with E-state index in [0.717, 1.165) is 31.9 Å². The van der Waals surface area contributed by atoms with Gasteiger partial charge in [0.25, 0.3) is 0 Å². The molecule has 22 heavy (non-hydrogen) atoms. The van der Waals surface area contributed by atoms with E-state index in [1.807, 2.05) is 6.20 Å². The molecule has 0 atom stereocenters. The molecule has 0 saturated heterocycles. The number of aryl methyl sites for hydroxylation is 1. The quantitative estimate of drug-likeness (QED) is 0.820. The highest BCUT2D eigenvalue weighted by Crippen LogP contribution is 2.24. The third kappa shape index (κ3) is 3.39. The van der Waals surface area contributed by atoms with Crippen LogP contribution in [0.25, 0.3) is 0 Å². The highest BCUT2D eigenvalue weighted by molar-refractivity contribution is 9.10. The second-order valence-corrected chi connectivity index (χ2v) is 7.26. The van der Waals surface area contributed by atoms with Gasteiger partial charge in [-0.3, -0.25) is 4.90 Å². The van der Waals surface area contributed by atoms with Gasteiger partial charge in [-0.2, -0.15) is 0 Å². The minimum absolute atomic E-state index is 0.395. The summed E-state index contributed by atoms with van der Waals surface area (Å²) in [5.74, 6) is 1.36. The summed E-state index contributed by atoms with van der Waals surface area (Å²) in [5, 5.41) is 0. The van der Waals surface area contributed by atoms with Gasteiger partial charge >= 0.3 is 0 Å². The van der Waals surface area contributed by atoms with E-state index in [1.165, 1.54) is 26.9 Å². The summed E-state index contributed by atoms with van der Waals surface area (Å²) in [6, 6.07) is 6.58. The van der Waals surface area contributed by atoms with Crippen molar-refractivity contribution < 1.29 is 0 Å². The van der Waals surface area contributed by atoms with Crippen molar-refractivity contribution in [2.45, 2.75) is 46.2 Å². The predicted octanol–water partition coefficient (Wildman–Crippen LogP) is 4.23. The lowest BCUT2D eigenvalue weighted by Gasteiger charge is -2.28. The maximum atomic E-state index is 4.74. The molecule has 2 aromatic rings. The number of hydrogen-bond acceptors (Lipinski definition) is 3. The van der Waals surface area contributed by atoms with Gasteiger partial charge in [-0.25, -0.2) is 9.97 Å². The molecule has 1 aliphatic rings. The normalized spacial score (nSPS) is 15.1. The Bertz CT molecular complexity index is 682. The zero-order valence-corrected chi connectivity index (χ0v) is 15.0. The number of hydrogen-bond donors (Lipinski definition) is 0. The Balaban J connectivity index is 1.74. The van der Waals surface area contributed by atoms with Crippen molar-refractivity contribution in [3.05, 3.63) is 57.1 Å². The second-order valence-electron chi connectivity index (χ2n) is 6.41. The van der Waals surface area contributed by atoms with Crippen LogP contribution in [-0.4, -0.2) is 21.4 Å². The van der Waals surface area contributed by atoms with Gasteiger partial charge in [-0.1, -0.05) is 41.9 Å². The van der Waals surface area contributed by atoms with Crippen molar-refractivity contribution in [3.63, 3.8) is 0 Å². The molecule has 0 aliphatic carbocycles. The van der Waals surface area contributed by atoms with Crippen molar-refractivity contribution in [2.24, 2.45) is 0 Å². The van der Waals surface area contributed by atoms with Gasteiger partial charge in [0.2, 0.25) is 0 Å². The Morgan fingerprint density at radius 1 is 1.32 bits per heavy atom. The average molecular weight is 360 g/mol. The molecule has 3 rings (SSSR count). The van der Waals surface area contributed by atoms with Gasteiger partial charge in [-0.05, 0) is 24.1 Å². The molecule has 0 fully saturated rings. The van der Waals surface area contributed by atoms with E-state index in [1.54, 1.807) is 0 Å². The Labute approximate surface area is 140 Å². The molecule has 0 bridgehead atoms. The largest absolute Gasteiger partial charge is 0.294 e. The molecule has 4 heteroatoms. The SMILES string of the molecule is Cc1ccc(CN2CCc3nc(C(C)C)ncc3C2)c(Br)c1. The maximum Gasteiger partial charge on any atom is 0.131 e. The van der Waals surface area contributed by atoms with Gasteiger partial charge in [0.05, 0.1) is 0 Å². The van der Waals surface area contributed by atoms with Crippen LogP contribution in [0.3, 0.4) is 0 Å². The zero-order chi connectivity index (χ0) is 15.7. The topological polar surface area (TPSA) is 29.0 Å². The zero-order valence-electron chi connectivity index (χ0n) is 13.4. The molecule has 1 aliphatic heterocycles. The Morgan fingerprint density at radius 2 is 2.14 bits per heavy atom. The van der Waals surface area contributed by atoms with Crippen molar-refractivity contribution in [1.29, 1.82) is 0 Å². The van der Waals surface area contributed by atoms with E-state index in [0.29, 0.717) is 5.92 Å². The molecule has 3 nitrogen and oxygen atoms in total. The summed E-state index contributed by atoms with van der Waals surface area (Å²) in [5.41, 5.74) is 5.14. The van der Waals surface area contributed by atoms with E-state index in [9.17, 15) is 0 Å². The van der Waals surface area contributed by atoms with Crippen molar-refractivity contribution in [1.82, 2.24) is 14.9 Å². The second kappa shape index (κ2) is 6.47. The predicted molar refractivity (Wildman–Crippen MR) is 92.8 cm³/mol. The first-order valence-electron chi connectivity index (χ1n) is 7.85. The molecular weight excluding hydrogens is 338 g/mol. The number of benzene rings is 1. The fourth-order valence-electron chi connectivity index (χ4n) is 2.82. The third-order valence-electron chi connectivity index (χ3n) is 4.15. The van der Waals surface area contributed by atoms with Crippen LogP contribution in [0, 0.1) is 6.92 Å². The van der Waals surface area contributed by atoms with E-state index < -0.39 is 0 Å². The Kier molecular flexibility index (Phi) is 4.59. The van der Waals surface area contributed by atoms with Crippen LogP contribution in [-0.2, 0) is 19.5 Å². The summed E-state index contributed by atoms with van der Waals surface area (Å²) in [4.78, 5) is 11.7. The first-order valence-corrected chi connectivity index (χ1v) is 8.64. The van der Waals surface area contributed by atoms with E-state index in [2.05, 4.69) is 64.8 Å². The van der Waals surface area contributed by atoms with Crippen LogP contribution in [0.2, 0.25) is 0 Å². The monoisotopic (exact) mass is 359 g/mol. The minimum atomic E-state index is 0.395. The van der Waals surface area contributed by atoms with Gasteiger partial charge in [0, 0.05) is 53.9 Å². The molecule has 116 valence electrons. The first-order chi connectivity index (χ1) is 10.5. The summed E-state index contributed by atoms with van der Waals surface area (Å²) in [7, 11) is 0. The summed E-state index contributed by atoms with van der Waals surface area (Å²) in [6.45, 7) is 9.37. The molecule has 0 amide bonds. The number of fused-ring (bicyclic) bond motifs is 1. The molecule has 0 radical (unpaired) electrons. The summed E-state index contributed by atoms with van der Waals surface area (Å²) >= 11 is 3.68. The van der Waals surface area contributed by atoms with Crippen LogP contribution < -0.4 is 0 Å². The molecule has 1 aromatic heterocycles. The number of nitrogens with zero attached hydrogens (tertiary/aromatic N) is 3. The average Bonchev–Trinajstić information content (AvgIpc) is 2.49. The van der Waals surface area contributed by atoms with E-state index in [-0.39, 0.29) is 0 Å². The lowest BCUT2D eigenvalue weighted by atomic mass is 10.0. The lowest BCUT2D eigenvalue weighted by Crippen LogP contribution is -2.31. The first kappa shape index (κ1) is 15.6. The van der Waals surface area contributed by atoms with Crippen LogP contribution in [0.5, 0.6) is 0 Å². The smallest absolute Gasteiger partial charge is 0.131 e. The molecule has 0 saturated carbocycles. The van der Waals surface area contributed by atoms with Crippen molar-refractivity contribution in [2.75, 3.05) is 6.54 Å². The standard InChI is InChI=1S/C18H22BrN3/c1-12(2)18-20-9-15-11-22(7-6-17(15)21-18)10-14-5-4-13(3)8-16(14)19/h4-5,8-9,12H,6-7,10-11H2,1-3H3. The van der Waals surface area contributed by atoms with Crippen LogP contribution in [0.4, 0.5) is 0 Å². The summed E-state index contributed by atoms with van der Waals surface area (Å²) < 4.78 is 1.20. The molecule has 0 unspecified atom stereocenters. The van der Waals surface area contributed by atoms with Crippen LogP contribution in [0.1, 0.15) is 48.0 Å². The lowest BCUT2D eigenvalue weighted by molar-refractivity contribution is 0.242. The molecule has 2 heterocycles. The van der Waals surface area contributed by atoms with Crippen LogP contribution >= 0.6 is 15.9 Å². The van der Waals surface area contributed by atoms with Crippen molar-refractivity contribution in [3.8, 4) is 0 Å². The molecule has 0 N–H and O–H groups in total. The maximum absolute atomic E-state index is 4.74. The molecule has 0 spiro atoms. The molecule has 1 aromatic carbocycles. The Hall–Kier alpha value is -1.26. The fraction of sp³-hybridized carbons (Fsp3) is 0.444. The minimum Gasteiger partial charge on any atom is -0.294 e. The fourth-order valence-corrected chi connectivity index (χ4v) is 3.44. The number of aromatic nitrogens is 2. The molecular formula is C18H22BrN3. The van der Waals surface area contributed by atoms with Gasteiger partial charge in [0.1, 0.15) is 5.82 Å². The van der Waals surface area contributed by atoms with E-state index in [4.69, 9.17) is 4.98 Å². The van der Waals surface area contributed by atoms with Crippen molar-refractivity contribution >= 4 is 15.9 Å². The van der Waals surface area contributed by atoms with Gasteiger partial charge in [-0.15, -0.1) is 0 Å². The summed E-state index contributed by atoms with van der Waals surface area (Å²) in [6.07, 6.45) is 3.04. The van der Waals surface area contributed by atoms with Gasteiger partial charge in [0.15, 0.2) is 0 Å². The highest BCUT2D eigenvalue weighted by Gasteiger charge is 2.19. The van der Waals surface area contributed by atoms with E-state index >= 15 is 0 Å².